The van der Waals surface area contributed by atoms with Crippen LogP contribution in [0.3, 0.4) is 0 Å². The van der Waals surface area contributed by atoms with Crippen LogP contribution in [0.25, 0.3) is 0 Å². The van der Waals surface area contributed by atoms with E-state index < -0.39 is 23.3 Å². The summed E-state index contributed by atoms with van der Waals surface area (Å²) in [6, 6.07) is 7.16. The van der Waals surface area contributed by atoms with E-state index in [9.17, 15) is 14.0 Å². The van der Waals surface area contributed by atoms with E-state index in [4.69, 9.17) is 5.11 Å². The maximum atomic E-state index is 13.6. The normalized spacial score (nSPS) is 10.7. The molecule has 6 heteroatoms. The van der Waals surface area contributed by atoms with E-state index in [0.29, 0.717) is 5.69 Å². The Morgan fingerprint density at radius 3 is 2.57 bits per heavy atom. The van der Waals surface area contributed by atoms with Gasteiger partial charge in [-0.15, -0.1) is 0 Å². The topological polar surface area (TPSA) is 71.3 Å². The van der Waals surface area contributed by atoms with E-state index in [0.717, 1.165) is 6.07 Å². The smallest absolute Gasteiger partial charge is 0.340 e. The zero-order chi connectivity index (χ0) is 15.6. The molecule has 0 aliphatic heterocycles. The number of aromatic carboxylic acids is 1. The van der Waals surface area contributed by atoms with E-state index in [1.165, 1.54) is 12.1 Å². The number of rotatable bonds is 4. The Labute approximate surface area is 121 Å². The molecule has 0 saturated carbocycles. The second kappa shape index (κ2) is 5.78. The summed E-state index contributed by atoms with van der Waals surface area (Å²) < 4.78 is 15.3. The third-order valence-electron chi connectivity index (χ3n) is 3.04. The summed E-state index contributed by atoms with van der Waals surface area (Å²) in [5.74, 6) is -2.80. The number of hydrogen-bond acceptors (Lipinski definition) is 2. The van der Waals surface area contributed by atoms with Crippen LogP contribution >= 0.6 is 0 Å². The highest BCUT2D eigenvalue weighted by atomic mass is 19.1. The third kappa shape index (κ3) is 2.94. The van der Waals surface area contributed by atoms with Gasteiger partial charge in [-0.05, 0) is 38.1 Å². The summed E-state index contributed by atoms with van der Waals surface area (Å²) in [6.07, 6.45) is 1.75. The highest BCUT2D eigenvalue weighted by Gasteiger charge is 2.19. The largest absolute Gasteiger partial charge is 0.478 e. The summed E-state index contributed by atoms with van der Waals surface area (Å²) in [7, 11) is 0. The van der Waals surface area contributed by atoms with Crippen LogP contribution in [0.2, 0.25) is 0 Å². The van der Waals surface area contributed by atoms with Gasteiger partial charge in [0.1, 0.15) is 17.1 Å². The van der Waals surface area contributed by atoms with Crippen LogP contribution in [0.5, 0.6) is 0 Å². The van der Waals surface area contributed by atoms with Gasteiger partial charge in [0.25, 0.3) is 5.91 Å². The zero-order valence-corrected chi connectivity index (χ0v) is 11.6. The Bertz CT molecular complexity index is 692. The Morgan fingerprint density at radius 1 is 1.24 bits per heavy atom. The molecule has 1 heterocycles. The molecular formula is C15H15FN2O3. The van der Waals surface area contributed by atoms with Crippen molar-refractivity contribution in [1.29, 1.82) is 0 Å². The lowest BCUT2D eigenvalue weighted by atomic mass is 10.1. The summed E-state index contributed by atoms with van der Waals surface area (Å²) >= 11 is 0. The second-order valence-electron chi connectivity index (χ2n) is 4.82. The van der Waals surface area contributed by atoms with Crippen molar-refractivity contribution < 1.29 is 19.1 Å². The van der Waals surface area contributed by atoms with Crippen LogP contribution in [-0.4, -0.2) is 21.6 Å². The van der Waals surface area contributed by atoms with Gasteiger partial charge < -0.3 is 15.0 Å². The number of halogens is 1. The molecular weight excluding hydrogens is 275 g/mol. The maximum absolute atomic E-state index is 13.6. The molecule has 0 spiro atoms. The maximum Gasteiger partial charge on any atom is 0.340 e. The molecule has 0 atom stereocenters. The fraction of sp³-hybridized carbons (Fsp3) is 0.200. The standard InChI is InChI=1S/C15H15FN2O3/c1-9(2)18-8-4-7-12(18)14(19)17-11-6-3-5-10(16)13(11)15(20)21/h3-9H,1-2H3,(H,17,19)(H,20,21). The molecule has 2 rings (SSSR count). The number of aromatic nitrogens is 1. The Kier molecular flexibility index (Phi) is 4.07. The van der Waals surface area contributed by atoms with Crippen molar-refractivity contribution in [2.24, 2.45) is 0 Å². The van der Waals surface area contributed by atoms with Crippen LogP contribution in [-0.2, 0) is 0 Å². The second-order valence-corrected chi connectivity index (χ2v) is 4.82. The van der Waals surface area contributed by atoms with Crippen LogP contribution < -0.4 is 5.32 Å². The van der Waals surface area contributed by atoms with Gasteiger partial charge in [0.05, 0.1) is 5.69 Å². The highest BCUT2D eigenvalue weighted by molar-refractivity contribution is 6.07. The molecule has 21 heavy (non-hydrogen) atoms. The number of carboxylic acids is 1. The quantitative estimate of drug-likeness (QED) is 0.908. The van der Waals surface area contributed by atoms with Crippen LogP contribution in [0.1, 0.15) is 40.7 Å². The average molecular weight is 290 g/mol. The molecule has 110 valence electrons. The number of anilines is 1. The van der Waals surface area contributed by atoms with Crippen molar-refractivity contribution in [2.75, 3.05) is 5.32 Å². The number of benzene rings is 1. The van der Waals surface area contributed by atoms with E-state index in [2.05, 4.69) is 5.32 Å². The minimum absolute atomic E-state index is 0.0657. The van der Waals surface area contributed by atoms with E-state index in [1.54, 1.807) is 22.9 Å². The first kappa shape index (κ1) is 14.8. The molecule has 0 radical (unpaired) electrons. The van der Waals surface area contributed by atoms with Gasteiger partial charge in [-0.25, -0.2) is 9.18 Å². The summed E-state index contributed by atoms with van der Waals surface area (Å²) in [4.78, 5) is 23.3. The van der Waals surface area contributed by atoms with Crippen molar-refractivity contribution in [1.82, 2.24) is 4.57 Å². The Morgan fingerprint density at radius 2 is 1.95 bits per heavy atom. The van der Waals surface area contributed by atoms with Gasteiger partial charge in [0.2, 0.25) is 0 Å². The molecule has 2 N–H and O–H groups in total. The summed E-state index contributed by atoms with van der Waals surface area (Å²) in [5.41, 5.74) is -0.233. The monoisotopic (exact) mass is 290 g/mol. The van der Waals surface area contributed by atoms with E-state index in [-0.39, 0.29) is 11.7 Å². The number of carbonyl (C=O) groups excluding carboxylic acids is 1. The third-order valence-corrected chi connectivity index (χ3v) is 3.04. The number of nitrogens with one attached hydrogen (secondary N) is 1. The number of hydrogen-bond donors (Lipinski definition) is 2. The van der Waals surface area contributed by atoms with E-state index >= 15 is 0 Å². The minimum Gasteiger partial charge on any atom is -0.478 e. The SMILES string of the molecule is CC(C)n1cccc1C(=O)Nc1cccc(F)c1C(=O)O. The lowest BCUT2D eigenvalue weighted by molar-refractivity contribution is 0.0693. The van der Waals surface area contributed by atoms with Crippen molar-refractivity contribution in [3.05, 3.63) is 53.6 Å². The fourth-order valence-electron chi connectivity index (χ4n) is 2.07. The molecule has 0 fully saturated rings. The molecule has 1 aromatic heterocycles. The molecule has 1 aromatic carbocycles. The van der Waals surface area contributed by atoms with Gasteiger partial charge in [-0.2, -0.15) is 0 Å². The molecule has 0 aliphatic rings. The predicted octanol–water partition coefficient (Wildman–Crippen LogP) is 3.16. The number of amides is 1. The first-order valence-corrected chi connectivity index (χ1v) is 6.41. The summed E-state index contributed by atoms with van der Waals surface area (Å²) in [6.45, 7) is 3.84. The summed E-state index contributed by atoms with van der Waals surface area (Å²) in [5, 5.41) is 11.5. The molecule has 5 nitrogen and oxygen atoms in total. The Hall–Kier alpha value is -2.63. The van der Waals surface area contributed by atoms with Gasteiger partial charge in [0.15, 0.2) is 0 Å². The van der Waals surface area contributed by atoms with Crippen LogP contribution in [0.15, 0.2) is 36.5 Å². The van der Waals surface area contributed by atoms with Crippen molar-refractivity contribution in [2.45, 2.75) is 19.9 Å². The number of carbonyl (C=O) groups is 2. The average Bonchev–Trinajstić information content (AvgIpc) is 2.87. The van der Waals surface area contributed by atoms with Crippen molar-refractivity contribution in [3.63, 3.8) is 0 Å². The highest BCUT2D eigenvalue weighted by Crippen LogP contribution is 2.20. The first-order chi connectivity index (χ1) is 9.91. The minimum atomic E-state index is -1.43. The van der Waals surface area contributed by atoms with Gasteiger partial charge >= 0.3 is 5.97 Å². The van der Waals surface area contributed by atoms with Gasteiger partial charge in [0, 0.05) is 12.2 Å². The first-order valence-electron chi connectivity index (χ1n) is 6.41. The fourth-order valence-corrected chi connectivity index (χ4v) is 2.07. The van der Waals surface area contributed by atoms with Crippen LogP contribution in [0, 0.1) is 5.82 Å². The Balaban J connectivity index is 2.34. The molecule has 0 bridgehead atoms. The zero-order valence-electron chi connectivity index (χ0n) is 11.6. The molecule has 0 saturated heterocycles. The molecule has 2 aromatic rings. The van der Waals surface area contributed by atoms with Gasteiger partial charge in [-0.1, -0.05) is 6.07 Å². The molecule has 0 aliphatic carbocycles. The van der Waals surface area contributed by atoms with Gasteiger partial charge in [-0.3, -0.25) is 4.79 Å². The number of carboxylic acid groups (broad SMARTS) is 1. The number of nitrogens with zero attached hydrogens (tertiary/aromatic N) is 1. The predicted molar refractivity (Wildman–Crippen MR) is 76.1 cm³/mol. The van der Waals surface area contributed by atoms with Crippen molar-refractivity contribution in [3.8, 4) is 0 Å². The molecule has 0 unspecified atom stereocenters. The molecule has 1 amide bonds. The van der Waals surface area contributed by atoms with Crippen LogP contribution in [0.4, 0.5) is 10.1 Å². The lowest BCUT2D eigenvalue weighted by Crippen LogP contribution is -2.19. The van der Waals surface area contributed by atoms with Crippen molar-refractivity contribution >= 4 is 17.6 Å². The van der Waals surface area contributed by atoms with E-state index in [1.807, 2.05) is 13.8 Å². The lowest BCUT2D eigenvalue weighted by Gasteiger charge is -2.14.